The molecular formula is C26H27F5. The van der Waals surface area contributed by atoms with Crippen LogP contribution in [-0.2, 0) is 12.6 Å². The van der Waals surface area contributed by atoms with Crippen molar-refractivity contribution in [2.24, 2.45) is 11.8 Å². The Bertz CT molecular complexity index is 942. The van der Waals surface area contributed by atoms with Crippen LogP contribution in [-0.4, -0.2) is 0 Å². The van der Waals surface area contributed by atoms with Gasteiger partial charge >= 0.3 is 6.18 Å². The van der Waals surface area contributed by atoms with Gasteiger partial charge in [0.15, 0.2) is 0 Å². The van der Waals surface area contributed by atoms with E-state index in [0.717, 1.165) is 61.4 Å². The molecule has 0 aliphatic heterocycles. The van der Waals surface area contributed by atoms with Gasteiger partial charge < -0.3 is 0 Å². The average molecular weight is 434 g/mol. The van der Waals surface area contributed by atoms with Crippen molar-refractivity contribution >= 4 is 0 Å². The number of alkyl halides is 3. The molecule has 0 aromatic heterocycles. The normalized spacial score (nSPS) is 26.0. The number of halogens is 5. The molecule has 5 heteroatoms. The third-order valence-corrected chi connectivity index (χ3v) is 7.22. The van der Waals surface area contributed by atoms with E-state index in [2.05, 4.69) is 6.08 Å². The second-order valence-corrected chi connectivity index (χ2v) is 8.89. The first-order valence-corrected chi connectivity index (χ1v) is 11.1. The monoisotopic (exact) mass is 434 g/mol. The third kappa shape index (κ3) is 4.42. The van der Waals surface area contributed by atoms with Crippen LogP contribution in [0.4, 0.5) is 22.0 Å². The fraction of sp³-hybridized carbons (Fsp3) is 0.462. The van der Waals surface area contributed by atoms with Crippen LogP contribution in [0, 0.1) is 23.5 Å². The summed E-state index contributed by atoms with van der Waals surface area (Å²) in [7, 11) is 0. The van der Waals surface area contributed by atoms with Crippen molar-refractivity contribution in [3.8, 4) is 0 Å². The van der Waals surface area contributed by atoms with E-state index in [1.165, 1.54) is 6.07 Å². The maximum atomic E-state index is 14.4. The second-order valence-electron chi connectivity index (χ2n) is 8.89. The standard InChI is InChI=1S/C26H27F5/c1-2-3-4-5-16-8-11-20-22(13-12-21-23(20)14-19(27)15-24(21)28)25(16)17-6-9-18(10-7-17)26(29,30)31/h2-3,6-7,9-10,14-16,20,22,25H,4-5,8,11-13H2,1H3. The van der Waals surface area contributed by atoms with Crippen molar-refractivity contribution < 1.29 is 22.0 Å². The van der Waals surface area contributed by atoms with Crippen molar-refractivity contribution in [3.63, 3.8) is 0 Å². The van der Waals surface area contributed by atoms with Gasteiger partial charge in [0.2, 0.25) is 0 Å². The van der Waals surface area contributed by atoms with Gasteiger partial charge in [0.25, 0.3) is 0 Å². The molecule has 0 N–H and O–H groups in total. The number of hydrogen-bond donors (Lipinski definition) is 0. The van der Waals surface area contributed by atoms with Gasteiger partial charge in [-0.25, -0.2) is 8.78 Å². The predicted octanol–water partition coefficient (Wildman–Crippen LogP) is 8.18. The molecule has 2 aliphatic carbocycles. The Morgan fingerprint density at radius 2 is 1.74 bits per heavy atom. The lowest BCUT2D eigenvalue weighted by Crippen LogP contribution is -2.35. The average Bonchev–Trinajstić information content (AvgIpc) is 2.73. The zero-order valence-electron chi connectivity index (χ0n) is 17.6. The number of hydrogen-bond acceptors (Lipinski definition) is 0. The van der Waals surface area contributed by atoms with Crippen LogP contribution in [0.2, 0.25) is 0 Å². The van der Waals surface area contributed by atoms with Crippen molar-refractivity contribution in [1.29, 1.82) is 0 Å². The quantitative estimate of drug-likeness (QED) is 0.336. The van der Waals surface area contributed by atoms with E-state index >= 15 is 0 Å². The molecule has 1 saturated carbocycles. The van der Waals surface area contributed by atoms with Gasteiger partial charge in [0, 0.05) is 6.07 Å². The topological polar surface area (TPSA) is 0 Å². The number of benzene rings is 2. The molecule has 4 atom stereocenters. The van der Waals surface area contributed by atoms with Crippen LogP contribution < -0.4 is 0 Å². The molecule has 0 heterocycles. The van der Waals surface area contributed by atoms with E-state index in [9.17, 15) is 22.0 Å². The molecule has 0 bridgehead atoms. The molecule has 4 unspecified atom stereocenters. The van der Waals surface area contributed by atoms with Crippen molar-refractivity contribution in [2.45, 2.75) is 63.5 Å². The molecule has 2 aromatic rings. The minimum Gasteiger partial charge on any atom is -0.207 e. The number of rotatable bonds is 4. The van der Waals surface area contributed by atoms with Crippen LogP contribution in [0.1, 0.15) is 73.1 Å². The Morgan fingerprint density at radius 3 is 2.42 bits per heavy atom. The molecular weight excluding hydrogens is 407 g/mol. The van der Waals surface area contributed by atoms with Crippen LogP contribution in [0.5, 0.6) is 0 Å². The van der Waals surface area contributed by atoms with Crippen molar-refractivity contribution in [3.05, 3.63) is 82.4 Å². The zero-order chi connectivity index (χ0) is 22.2. The fourth-order valence-electron chi connectivity index (χ4n) is 5.90. The Morgan fingerprint density at radius 1 is 1.00 bits per heavy atom. The van der Waals surface area contributed by atoms with Crippen LogP contribution in [0.3, 0.4) is 0 Å². The molecule has 4 rings (SSSR count). The van der Waals surface area contributed by atoms with E-state index in [0.29, 0.717) is 17.9 Å². The largest absolute Gasteiger partial charge is 0.416 e. The SMILES string of the molecule is CC=CCCC1CCC2c3cc(F)cc(F)c3CCC2C1c1ccc(C(F)(F)F)cc1. The molecule has 0 radical (unpaired) electrons. The molecule has 0 amide bonds. The lowest BCUT2D eigenvalue weighted by molar-refractivity contribution is -0.137. The van der Waals surface area contributed by atoms with E-state index in [1.54, 1.807) is 12.1 Å². The van der Waals surface area contributed by atoms with Gasteiger partial charge in [0.1, 0.15) is 11.6 Å². The highest BCUT2D eigenvalue weighted by Crippen LogP contribution is 2.55. The lowest BCUT2D eigenvalue weighted by Gasteiger charge is -2.47. The van der Waals surface area contributed by atoms with Gasteiger partial charge in [-0.1, -0.05) is 24.3 Å². The van der Waals surface area contributed by atoms with E-state index in [1.807, 2.05) is 13.0 Å². The Kier molecular flexibility index (Phi) is 6.23. The summed E-state index contributed by atoms with van der Waals surface area (Å²) in [6.45, 7) is 1.98. The summed E-state index contributed by atoms with van der Waals surface area (Å²) < 4.78 is 67.6. The summed E-state index contributed by atoms with van der Waals surface area (Å²) in [5.74, 6) is -0.387. The maximum Gasteiger partial charge on any atom is 0.416 e. The first-order chi connectivity index (χ1) is 14.8. The Balaban J connectivity index is 1.70. The van der Waals surface area contributed by atoms with Crippen LogP contribution >= 0.6 is 0 Å². The molecule has 0 nitrogen and oxygen atoms in total. The Labute approximate surface area is 180 Å². The maximum absolute atomic E-state index is 14.4. The molecule has 2 aliphatic rings. The smallest absolute Gasteiger partial charge is 0.207 e. The fourth-order valence-corrected chi connectivity index (χ4v) is 5.90. The minimum absolute atomic E-state index is 0.0409. The summed E-state index contributed by atoms with van der Waals surface area (Å²) in [5, 5.41) is 0. The number of allylic oxidation sites excluding steroid dienone is 2. The van der Waals surface area contributed by atoms with E-state index in [4.69, 9.17) is 0 Å². The van der Waals surface area contributed by atoms with Gasteiger partial charge in [-0.2, -0.15) is 13.2 Å². The van der Waals surface area contributed by atoms with Crippen molar-refractivity contribution in [2.75, 3.05) is 0 Å². The summed E-state index contributed by atoms with van der Waals surface area (Å²) in [6, 6.07) is 7.98. The molecule has 2 aromatic carbocycles. The summed E-state index contributed by atoms with van der Waals surface area (Å²) >= 11 is 0. The molecule has 1 fully saturated rings. The summed E-state index contributed by atoms with van der Waals surface area (Å²) in [5.41, 5.74) is 1.64. The first-order valence-electron chi connectivity index (χ1n) is 11.1. The van der Waals surface area contributed by atoms with E-state index < -0.39 is 23.4 Å². The van der Waals surface area contributed by atoms with Crippen LogP contribution in [0.15, 0.2) is 48.6 Å². The Hall–Kier alpha value is -2.17. The van der Waals surface area contributed by atoms with Gasteiger partial charge in [-0.15, -0.1) is 0 Å². The van der Waals surface area contributed by atoms with E-state index in [-0.39, 0.29) is 17.8 Å². The zero-order valence-corrected chi connectivity index (χ0v) is 17.6. The molecule has 31 heavy (non-hydrogen) atoms. The first kappa shape index (κ1) is 22.0. The van der Waals surface area contributed by atoms with Crippen LogP contribution in [0.25, 0.3) is 0 Å². The predicted molar refractivity (Wildman–Crippen MR) is 112 cm³/mol. The third-order valence-electron chi connectivity index (χ3n) is 7.22. The minimum atomic E-state index is -4.36. The molecule has 0 spiro atoms. The molecule has 166 valence electrons. The highest BCUT2D eigenvalue weighted by atomic mass is 19.4. The van der Waals surface area contributed by atoms with Crippen molar-refractivity contribution in [1.82, 2.24) is 0 Å². The van der Waals surface area contributed by atoms with Gasteiger partial charge in [-0.3, -0.25) is 0 Å². The summed E-state index contributed by atoms with van der Waals surface area (Å²) in [6.07, 6.45) is 4.74. The summed E-state index contributed by atoms with van der Waals surface area (Å²) in [4.78, 5) is 0. The number of fused-ring (bicyclic) bond motifs is 3. The highest BCUT2D eigenvalue weighted by molar-refractivity contribution is 5.38. The van der Waals surface area contributed by atoms with Gasteiger partial charge in [-0.05, 0) is 104 Å². The lowest BCUT2D eigenvalue weighted by atomic mass is 9.57. The van der Waals surface area contributed by atoms with Gasteiger partial charge in [0.05, 0.1) is 5.56 Å². The highest BCUT2D eigenvalue weighted by Gasteiger charge is 2.43. The second kappa shape index (κ2) is 8.76. The molecule has 0 saturated heterocycles.